The molecular weight excluding hydrogens is 152 g/mol. The molecule has 0 bridgehead atoms. The van der Waals surface area contributed by atoms with E-state index >= 15 is 0 Å². The standard InChI is InChI=1S/C8H20N4/c1-11(2)7-8(9)12-5-3-10-4-6-12/h8,10H,3-7,9H2,1-2H3. The van der Waals surface area contributed by atoms with E-state index in [4.69, 9.17) is 5.73 Å². The van der Waals surface area contributed by atoms with Crippen LogP contribution in [0.15, 0.2) is 0 Å². The van der Waals surface area contributed by atoms with Gasteiger partial charge in [0.25, 0.3) is 0 Å². The Morgan fingerprint density at radius 2 is 2.00 bits per heavy atom. The first kappa shape index (κ1) is 9.92. The van der Waals surface area contributed by atoms with Crippen LogP contribution in [0.2, 0.25) is 0 Å². The van der Waals surface area contributed by atoms with Gasteiger partial charge in [0.1, 0.15) is 0 Å². The topological polar surface area (TPSA) is 44.5 Å². The molecule has 1 fully saturated rings. The Bertz CT molecular complexity index is 120. The van der Waals surface area contributed by atoms with Crippen molar-refractivity contribution in [1.82, 2.24) is 15.1 Å². The molecule has 4 nitrogen and oxygen atoms in total. The maximum absolute atomic E-state index is 6.01. The fraction of sp³-hybridized carbons (Fsp3) is 1.00. The van der Waals surface area contributed by atoms with Crippen LogP contribution in [0.1, 0.15) is 0 Å². The van der Waals surface area contributed by atoms with Crippen LogP contribution in [0.4, 0.5) is 0 Å². The van der Waals surface area contributed by atoms with E-state index in [-0.39, 0.29) is 6.17 Å². The highest BCUT2D eigenvalue weighted by molar-refractivity contribution is 4.73. The van der Waals surface area contributed by atoms with E-state index in [9.17, 15) is 0 Å². The summed E-state index contributed by atoms with van der Waals surface area (Å²) < 4.78 is 0. The molecule has 0 aromatic rings. The van der Waals surface area contributed by atoms with Crippen LogP contribution >= 0.6 is 0 Å². The van der Waals surface area contributed by atoms with Crippen molar-refractivity contribution in [2.45, 2.75) is 6.17 Å². The first-order chi connectivity index (χ1) is 5.70. The maximum atomic E-state index is 6.01. The highest BCUT2D eigenvalue weighted by Gasteiger charge is 2.16. The molecule has 0 saturated carbocycles. The number of nitrogens with zero attached hydrogens (tertiary/aromatic N) is 2. The normalized spacial score (nSPS) is 23.0. The zero-order valence-corrected chi connectivity index (χ0v) is 8.08. The molecule has 1 aliphatic heterocycles. The predicted octanol–water partition coefficient (Wildman–Crippen LogP) is -1.26. The van der Waals surface area contributed by atoms with Crippen LogP contribution in [-0.4, -0.2) is 62.8 Å². The molecule has 1 saturated heterocycles. The minimum absolute atomic E-state index is 0.196. The van der Waals surface area contributed by atoms with Gasteiger partial charge in [0.2, 0.25) is 0 Å². The molecule has 0 aliphatic carbocycles. The monoisotopic (exact) mass is 172 g/mol. The van der Waals surface area contributed by atoms with Gasteiger partial charge in [-0.1, -0.05) is 0 Å². The van der Waals surface area contributed by atoms with Crippen molar-refractivity contribution in [1.29, 1.82) is 0 Å². The van der Waals surface area contributed by atoms with Crippen molar-refractivity contribution < 1.29 is 0 Å². The van der Waals surface area contributed by atoms with E-state index in [1.807, 2.05) is 0 Å². The lowest BCUT2D eigenvalue weighted by Crippen LogP contribution is -2.55. The maximum Gasteiger partial charge on any atom is 0.0703 e. The highest BCUT2D eigenvalue weighted by Crippen LogP contribution is 1.96. The molecule has 4 heteroatoms. The van der Waals surface area contributed by atoms with E-state index < -0.39 is 0 Å². The van der Waals surface area contributed by atoms with Crippen LogP contribution < -0.4 is 11.1 Å². The molecule has 1 atom stereocenters. The van der Waals surface area contributed by atoms with Crippen LogP contribution in [0.3, 0.4) is 0 Å². The Balaban J connectivity index is 2.24. The van der Waals surface area contributed by atoms with Gasteiger partial charge in [-0.25, -0.2) is 0 Å². The van der Waals surface area contributed by atoms with E-state index in [0.29, 0.717) is 0 Å². The summed E-state index contributed by atoms with van der Waals surface area (Å²) in [5.41, 5.74) is 6.01. The van der Waals surface area contributed by atoms with Crippen LogP contribution in [0.25, 0.3) is 0 Å². The molecule has 0 aromatic heterocycles. The number of nitrogens with two attached hydrogens (primary N) is 1. The number of rotatable bonds is 3. The zero-order chi connectivity index (χ0) is 8.97. The van der Waals surface area contributed by atoms with E-state index in [2.05, 4.69) is 29.2 Å². The molecule has 3 N–H and O–H groups in total. The Morgan fingerprint density at radius 1 is 1.42 bits per heavy atom. The fourth-order valence-corrected chi connectivity index (χ4v) is 1.50. The second kappa shape index (κ2) is 4.77. The summed E-state index contributed by atoms with van der Waals surface area (Å²) in [5, 5.41) is 3.31. The van der Waals surface area contributed by atoms with Gasteiger partial charge < -0.3 is 16.0 Å². The second-order valence-electron chi connectivity index (χ2n) is 3.62. The third kappa shape index (κ3) is 3.06. The lowest BCUT2D eigenvalue weighted by Gasteiger charge is -2.33. The van der Waals surface area contributed by atoms with Crippen LogP contribution in [0.5, 0.6) is 0 Å². The predicted molar refractivity (Wildman–Crippen MR) is 51.0 cm³/mol. The molecule has 12 heavy (non-hydrogen) atoms. The molecule has 0 radical (unpaired) electrons. The van der Waals surface area contributed by atoms with Gasteiger partial charge >= 0.3 is 0 Å². The summed E-state index contributed by atoms with van der Waals surface area (Å²) >= 11 is 0. The number of nitrogens with one attached hydrogen (secondary N) is 1. The fourth-order valence-electron chi connectivity index (χ4n) is 1.50. The number of likely N-dealkylation sites (N-methyl/N-ethyl adjacent to an activating group) is 1. The molecule has 1 heterocycles. The van der Waals surface area contributed by atoms with Crippen molar-refractivity contribution in [2.75, 3.05) is 46.8 Å². The summed E-state index contributed by atoms with van der Waals surface area (Å²) in [4.78, 5) is 4.46. The van der Waals surface area contributed by atoms with Crippen molar-refractivity contribution in [3.63, 3.8) is 0 Å². The summed E-state index contributed by atoms with van der Waals surface area (Å²) in [5.74, 6) is 0. The summed E-state index contributed by atoms with van der Waals surface area (Å²) in [7, 11) is 4.12. The zero-order valence-electron chi connectivity index (χ0n) is 8.08. The van der Waals surface area contributed by atoms with Gasteiger partial charge in [-0.3, -0.25) is 4.90 Å². The lowest BCUT2D eigenvalue weighted by molar-refractivity contribution is 0.148. The molecule has 1 unspecified atom stereocenters. The summed E-state index contributed by atoms with van der Waals surface area (Å²) in [6, 6.07) is 0. The molecule has 0 amide bonds. The second-order valence-corrected chi connectivity index (χ2v) is 3.62. The Kier molecular flexibility index (Phi) is 3.94. The van der Waals surface area contributed by atoms with E-state index in [1.165, 1.54) is 0 Å². The van der Waals surface area contributed by atoms with Gasteiger partial charge in [-0.15, -0.1) is 0 Å². The van der Waals surface area contributed by atoms with Gasteiger partial charge in [-0.05, 0) is 14.1 Å². The van der Waals surface area contributed by atoms with Crippen molar-refractivity contribution >= 4 is 0 Å². The molecule has 0 spiro atoms. The number of hydrogen-bond acceptors (Lipinski definition) is 4. The average Bonchev–Trinajstić information content (AvgIpc) is 2.05. The lowest BCUT2D eigenvalue weighted by atomic mass is 10.3. The Labute approximate surface area is 74.7 Å². The van der Waals surface area contributed by atoms with Gasteiger partial charge in [-0.2, -0.15) is 0 Å². The first-order valence-corrected chi connectivity index (χ1v) is 4.55. The van der Waals surface area contributed by atoms with Crippen molar-refractivity contribution in [3.8, 4) is 0 Å². The van der Waals surface area contributed by atoms with Gasteiger partial charge in [0.05, 0.1) is 6.17 Å². The molecule has 1 rings (SSSR count). The quantitative estimate of drug-likeness (QED) is 0.558. The third-order valence-corrected chi connectivity index (χ3v) is 2.17. The SMILES string of the molecule is CN(C)CC(N)N1CCNCC1. The molecule has 0 aromatic carbocycles. The molecule has 1 aliphatic rings. The Morgan fingerprint density at radius 3 is 2.50 bits per heavy atom. The smallest absolute Gasteiger partial charge is 0.0703 e. The average molecular weight is 172 g/mol. The van der Waals surface area contributed by atoms with E-state index in [1.54, 1.807) is 0 Å². The molecular formula is C8H20N4. The number of hydrogen-bond donors (Lipinski definition) is 2. The van der Waals surface area contributed by atoms with Gasteiger partial charge in [0, 0.05) is 32.7 Å². The van der Waals surface area contributed by atoms with Gasteiger partial charge in [0.15, 0.2) is 0 Å². The van der Waals surface area contributed by atoms with Crippen molar-refractivity contribution in [3.05, 3.63) is 0 Å². The minimum Gasteiger partial charge on any atom is -0.315 e. The Hall–Kier alpha value is -0.160. The van der Waals surface area contributed by atoms with Crippen molar-refractivity contribution in [2.24, 2.45) is 5.73 Å². The van der Waals surface area contributed by atoms with E-state index in [0.717, 1.165) is 32.7 Å². The largest absolute Gasteiger partial charge is 0.315 e. The number of piperazine rings is 1. The summed E-state index contributed by atoms with van der Waals surface area (Å²) in [6.45, 7) is 5.24. The third-order valence-electron chi connectivity index (χ3n) is 2.17. The highest BCUT2D eigenvalue weighted by atomic mass is 15.3. The molecule has 72 valence electrons. The van der Waals surface area contributed by atoms with Crippen LogP contribution in [-0.2, 0) is 0 Å². The van der Waals surface area contributed by atoms with Crippen LogP contribution in [0, 0.1) is 0 Å². The minimum atomic E-state index is 0.196. The summed E-state index contributed by atoms with van der Waals surface area (Å²) in [6.07, 6.45) is 0.196. The first-order valence-electron chi connectivity index (χ1n) is 4.55.